The maximum Gasteiger partial charge on any atom is 0.123 e. The van der Waals surface area contributed by atoms with Gasteiger partial charge >= 0.3 is 0 Å². The number of aromatic nitrogens is 7. The highest BCUT2D eigenvalue weighted by Crippen LogP contribution is 2.41. The Balaban J connectivity index is 0.000000125. The Morgan fingerprint density at radius 2 is 0.386 bits per heavy atom. The van der Waals surface area contributed by atoms with Crippen molar-refractivity contribution in [2.45, 2.75) is 0 Å². The van der Waals surface area contributed by atoms with Crippen molar-refractivity contribution in [3.05, 3.63) is 432 Å². The molecule has 25 rings (SSSR count). The van der Waals surface area contributed by atoms with Crippen molar-refractivity contribution in [2.75, 3.05) is 0 Å². The van der Waals surface area contributed by atoms with E-state index in [0.29, 0.717) is 44.0 Å². The average molecular weight is 1820 g/mol. The second kappa shape index (κ2) is 35.9. The number of rotatable bonds is 4. The van der Waals surface area contributed by atoms with Crippen molar-refractivity contribution in [1.29, 1.82) is 0 Å². The number of benzene rings is 18. The van der Waals surface area contributed by atoms with E-state index in [1.165, 1.54) is 99.5 Å². The Labute approximate surface area is 817 Å². The van der Waals surface area contributed by atoms with Crippen LogP contribution in [-0.4, -0.2) is 32.0 Å². The predicted octanol–water partition coefficient (Wildman–Crippen LogP) is 32.4. The summed E-state index contributed by atoms with van der Waals surface area (Å²) in [6.45, 7) is 0. The molecule has 0 N–H and O–H groups in total. The molecule has 0 bridgehead atoms. The van der Waals surface area contributed by atoms with Gasteiger partial charge in [-0.3, -0.25) is 0 Å². The molecule has 132 heavy (non-hydrogen) atoms. The topological polar surface area (TPSA) is 34.5 Å². The lowest BCUT2D eigenvalue weighted by atomic mass is 10.0. The van der Waals surface area contributed by atoms with E-state index < -0.39 is 251 Å². The van der Waals surface area contributed by atoms with Crippen LogP contribution in [0.5, 0.6) is 0 Å². The molecule has 0 aliphatic rings. The summed E-state index contributed by atoms with van der Waals surface area (Å²) in [5.74, 6) is -6.33. The lowest BCUT2D eigenvalue weighted by Gasteiger charge is -2.03. The van der Waals surface area contributed by atoms with Crippen molar-refractivity contribution in [2.24, 2.45) is 49.3 Å². The second-order valence-electron chi connectivity index (χ2n) is 29.9. The fraction of sp³-hybridized carbons (Fsp3) is 0.0609. The molecule has 17 heteroatoms. The Morgan fingerprint density at radius 1 is 0.167 bits per heavy atom. The molecule has 7 aromatic heterocycles. The van der Waals surface area contributed by atoms with Crippen molar-refractivity contribution in [1.82, 2.24) is 32.0 Å². The number of aryl methyl sites for hydroxylation is 7. The van der Waals surface area contributed by atoms with Gasteiger partial charge in [-0.25, -0.2) is 35.1 Å². The van der Waals surface area contributed by atoms with Gasteiger partial charge < -0.3 is 32.0 Å². The third-order valence-electron chi connectivity index (χ3n) is 22.3. The average Bonchev–Trinajstić information content (AvgIpc) is 1.54. The van der Waals surface area contributed by atoms with Gasteiger partial charge in [-0.2, -0.15) is 0 Å². The lowest BCUT2D eigenvalue weighted by molar-refractivity contribution is 0.628. The molecule has 18 aromatic carbocycles. The van der Waals surface area contributed by atoms with E-state index in [-0.39, 0.29) is 113 Å². The van der Waals surface area contributed by atoms with Gasteiger partial charge in [-0.05, 0) is 275 Å². The van der Waals surface area contributed by atoms with E-state index in [1.807, 2.05) is 78.8 Å². The summed E-state index contributed by atoms with van der Waals surface area (Å²) < 4.78 is 428. The first kappa shape index (κ1) is 52.3. The number of hydrogen-bond donors (Lipinski definition) is 0. The van der Waals surface area contributed by atoms with Crippen LogP contribution in [-0.2, 0) is 49.3 Å². The summed E-state index contributed by atoms with van der Waals surface area (Å²) in [6.07, 6.45) is 0. The summed E-state index contributed by atoms with van der Waals surface area (Å²) >= 11 is 12.1. The summed E-state index contributed by atoms with van der Waals surface area (Å²) in [6, 6.07) is 18.8. The van der Waals surface area contributed by atoms with Crippen LogP contribution in [0.3, 0.4) is 0 Å². The highest BCUT2D eigenvalue weighted by atomic mass is 35.5. The molecule has 0 atom stereocenters. The molecule has 0 aliphatic heterocycles. The van der Waals surface area contributed by atoms with E-state index in [9.17, 15) is 35.1 Å². The van der Waals surface area contributed by atoms with Gasteiger partial charge in [0.15, 0.2) is 0 Å². The van der Waals surface area contributed by atoms with Gasteiger partial charge in [0.1, 0.15) is 46.5 Å². The van der Waals surface area contributed by atoms with E-state index >= 15 is 0 Å². The quantitative estimate of drug-likeness (QED) is 0.157. The fourth-order valence-corrected chi connectivity index (χ4v) is 16.4. The number of fused-ring (bicyclic) bond motifs is 21. The summed E-state index contributed by atoms with van der Waals surface area (Å²) in [5.41, 5.74) is 6.78. The fourth-order valence-electron chi connectivity index (χ4n) is 16.0. The molecular formula is C115H83Cl2F8N7. The first-order chi connectivity index (χ1) is 79.8. The first-order valence-corrected chi connectivity index (χ1v) is 40.5. The Bertz CT molecular complexity index is 10400. The Morgan fingerprint density at radius 3 is 0.712 bits per heavy atom. The van der Waals surface area contributed by atoms with Crippen LogP contribution in [0.2, 0.25) is 10.0 Å². The highest BCUT2D eigenvalue weighted by molar-refractivity contribution is 6.33. The van der Waals surface area contributed by atoms with E-state index in [1.54, 1.807) is 55.1 Å². The molecule has 0 spiro atoms. The van der Waals surface area contributed by atoms with Crippen molar-refractivity contribution < 1.29 is 87.2 Å². The third-order valence-corrected chi connectivity index (χ3v) is 22.8. The van der Waals surface area contributed by atoms with Crippen LogP contribution >= 0.6 is 23.2 Å². The Hall–Kier alpha value is -15.4. The molecule has 7 nitrogen and oxygen atoms in total. The molecule has 25 aromatic rings. The summed E-state index contributed by atoms with van der Waals surface area (Å²) in [7, 11) is 12.0. The molecule has 7 heterocycles. The lowest BCUT2D eigenvalue weighted by Crippen LogP contribution is -1.86. The Kier molecular flexibility index (Phi) is 14.2. The van der Waals surface area contributed by atoms with Gasteiger partial charge in [0, 0.05) is 212 Å². The molecule has 0 aliphatic carbocycles. The SMILES string of the molecule is Cn1c2ccc(Cl)cc2c2cc(Cl)ccc21.Cn1c2ccc(F)cc2c2cc(F)ccc21.[2H]c1c(F)c([2H])c2c3c([2H])c(F)c([2H])c([2H])c3n(C)c2c1[2H].[2H]c1c([2H])c([2H])c(-c2c([2H])c([2H])c3c(c2[2H])c2c([2H])c(-c4c([2H])c([2H])c([2H])c([2H])c4[2H])c([2H])c([2H])c2n3C)c([2H])c1[2H].[2H]c1c([2H])c([2H])c(-c2ccc3c(c2)c2cc(-c4c([2H])c([2H])c([2H])c([2H])c4[2H])ccc2n3C)c([2H])c1[2H].[2H]c1cc2c(c([2H])c1F)c1c([2H])c(F)c([2H])cc1n2C.[2H]c1cc2c(cc1F)c1cc(F)c([2H])cc1n2C. The molecule has 0 amide bonds. The van der Waals surface area contributed by atoms with Crippen molar-refractivity contribution in [3.63, 3.8) is 0 Å². The number of halogens is 10. The van der Waals surface area contributed by atoms with Crippen LogP contribution in [0.4, 0.5) is 35.1 Å². The van der Waals surface area contributed by atoms with Gasteiger partial charge in [0.05, 0.1) is 52.1 Å². The van der Waals surface area contributed by atoms with Crippen molar-refractivity contribution >= 4 is 176 Å². The smallest absolute Gasteiger partial charge is 0.123 e. The normalized spacial score (nSPS) is 15.4. The molecule has 0 unspecified atom stereocenters. The monoisotopic (exact) mass is 1820 g/mol. The number of nitrogens with zero attached hydrogens (tertiary/aromatic N) is 7. The zero-order valence-electron chi connectivity index (χ0n) is 108. The summed E-state index contributed by atoms with van der Waals surface area (Å²) in [5, 5.41) is 7.32. The third kappa shape index (κ3) is 16.6. The zero-order chi connectivity index (χ0) is 125. The maximum absolute atomic E-state index is 13.9. The number of hydrogen-bond acceptors (Lipinski definition) is 0. The van der Waals surface area contributed by atoms with E-state index in [4.69, 9.17) is 75.3 Å². The van der Waals surface area contributed by atoms with Gasteiger partial charge in [-0.1, -0.05) is 168 Å². The van der Waals surface area contributed by atoms with Crippen LogP contribution < -0.4 is 0 Å². The molecule has 648 valence electrons. The maximum atomic E-state index is 13.9. The molecule has 0 saturated heterocycles. The minimum absolute atomic E-state index is 0.0293. The second-order valence-corrected chi connectivity index (χ2v) is 30.8. The van der Waals surface area contributed by atoms with Crippen LogP contribution in [0, 0.1) is 46.5 Å². The molecule has 0 radical (unpaired) electrons. The molecule has 0 saturated carbocycles. The van der Waals surface area contributed by atoms with Crippen LogP contribution in [0.15, 0.2) is 375 Å². The van der Waals surface area contributed by atoms with E-state index in [2.05, 4.69) is 4.57 Å². The standard InChI is InChI=1S/2C25H19N.C13H9Cl2N.4C13H9F2N/c2*1-26-24-14-12-20(18-8-4-2-5-9-18)16-22(24)23-17-21(13-15-25(23)26)19-10-6-3-7-11-19;5*1-16-12-4-2-8(14)6-10(12)11-7-9(15)3-5-13(11)16/h2*2-17H,1H3;5*2-7H,1H3/i2D,3D,4D,5D,6D,7D,8D,9D,10D,11D,12D,13D,14D,15D,16D,17D;2D,3D,4D,5D,6D,7D,8D,9D,10D,11D;;2D,3D,4D,5D,6D,7D;2D,3D,6D,7D;2D,3D;. The summed E-state index contributed by atoms with van der Waals surface area (Å²) in [4.78, 5) is 0. The molecular weight excluding hydrogens is 1700 g/mol. The minimum atomic E-state index is -1.23. The zero-order valence-corrected chi connectivity index (χ0v) is 71.3. The van der Waals surface area contributed by atoms with Crippen molar-refractivity contribution in [3.8, 4) is 44.5 Å². The predicted molar refractivity (Wildman–Crippen MR) is 534 cm³/mol. The van der Waals surface area contributed by atoms with Gasteiger partial charge in [0.25, 0.3) is 0 Å². The van der Waals surface area contributed by atoms with Gasteiger partial charge in [0.2, 0.25) is 0 Å². The largest absolute Gasteiger partial charge is 0.344 e. The van der Waals surface area contributed by atoms with E-state index in [0.717, 1.165) is 64.4 Å². The van der Waals surface area contributed by atoms with Gasteiger partial charge in [-0.15, -0.1) is 0 Å². The van der Waals surface area contributed by atoms with Crippen LogP contribution in [0.1, 0.15) is 52.1 Å². The highest BCUT2D eigenvalue weighted by Gasteiger charge is 2.19. The molecule has 0 fully saturated rings. The minimum Gasteiger partial charge on any atom is -0.344 e. The van der Waals surface area contributed by atoms with Crippen LogP contribution in [0.25, 0.3) is 197 Å². The first-order valence-electron chi connectivity index (χ1n) is 58.8.